The molecule has 0 radical (unpaired) electrons. The zero-order valence-electron chi connectivity index (χ0n) is 13.6. The minimum Gasteiger partial charge on any atom is -0.280 e. The number of alkyl halides is 3. The molecule has 0 amide bonds. The molecule has 0 heterocycles. The van der Waals surface area contributed by atoms with Crippen molar-refractivity contribution in [2.24, 2.45) is 0 Å². The highest BCUT2D eigenvalue weighted by Gasteiger charge is 2.31. The summed E-state index contributed by atoms with van der Waals surface area (Å²) in [5.41, 5.74) is -1.20. The Morgan fingerprint density at radius 2 is 1.46 bits per heavy atom. The molecule has 0 saturated heterocycles. The van der Waals surface area contributed by atoms with E-state index in [1.54, 1.807) is 0 Å². The molecule has 142 valence electrons. The van der Waals surface area contributed by atoms with Crippen LogP contribution < -0.4 is 4.72 Å². The van der Waals surface area contributed by atoms with E-state index in [9.17, 15) is 30.0 Å². The smallest absolute Gasteiger partial charge is 0.280 e. The summed E-state index contributed by atoms with van der Waals surface area (Å²) in [7, 11) is -5.50. The second-order valence-electron chi connectivity index (χ2n) is 5.45. The number of hydrogen-bond donors (Lipinski definition) is 1. The zero-order chi connectivity index (χ0) is 19.8. The van der Waals surface area contributed by atoms with Gasteiger partial charge in [0.05, 0.1) is 21.0 Å². The summed E-state index contributed by atoms with van der Waals surface area (Å²) in [5, 5.41) is 0. The highest BCUT2D eigenvalue weighted by Crippen LogP contribution is 2.31. The molecule has 2 aromatic carbocycles. The van der Waals surface area contributed by atoms with E-state index in [-0.39, 0.29) is 10.6 Å². The third kappa shape index (κ3) is 4.34. The van der Waals surface area contributed by atoms with Crippen LogP contribution >= 0.6 is 0 Å². The van der Waals surface area contributed by atoms with Crippen LogP contribution in [0.2, 0.25) is 0 Å². The van der Waals surface area contributed by atoms with Gasteiger partial charge >= 0.3 is 6.18 Å². The van der Waals surface area contributed by atoms with Gasteiger partial charge in [-0.1, -0.05) is 12.1 Å². The molecule has 0 atom stereocenters. The predicted octanol–water partition coefficient (Wildman–Crippen LogP) is 2.76. The van der Waals surface area contributed by atoms with E-state index >= 15 is 0 Å². The van der Waals surface area contributed by atoms with Gasteiger partial charge in [-0.25, -0.2) is 21.1 Å². The third-order valence-corrected chi connectivity index (χ3v) is 6.53. The molecule has 2 rings (SSSR count). The molecule has 1 N–H and O–H groups in total. The van der Waals surface area contributed by atoms with Gasteiger partial charge in [-0.2, -0.15) is 13.2 Å². The zero-order valence-corrected chi connectivity index (χ0v) is 15.3. The maximum atomic E-state index is 12.8. The number of sulfonamides is 2. The van der Waals surface area contributed by atoms with Crippen LogP contribution in [0.4, 0.5) is 18.9 Å². The van der Waals surface area contributed by atoms with E-state index in [1.807, 2.05) is 0 Å². The van der Waals surface area contributed by atoms with Gasteiger partial charge in [0.1, 0.15) is 0 Å². The minimum absolute atomic E-state index is 0.0923. The molecular weight excluding hydrogens is 393 g/mol. The van der Waals surface area contributed by atoms with Gasteiger partial charge in [-0.15, -0.1) is 0 Å². The van der Waals surface area contributed by atoms with Crippen molar-refractivity contribution in [2.45, 2.75) is 16.0 Å². The summed E-state index contributed by atoms with van der Waals surface area (Å²) in [4.78, 5) is -0.750. The summed E-state index contributed by atoms with van der Waals surface area (Å²) >= 11 is 0. The fraction of sp³-hybridized carbons (Fsp3) is 0.200. The van der Waals surface area contributed by atoms with Crippen LogP contribution in [0.15, 0.2) is 58.3 Å². The number of benzene rings is 2. The largest absolute Gasteiger partial charge is 0.416 e. The standard InChI is InChI=1S/C15H15F3N2O4S2/c1-20(2)26(23,24)14-8-4-6-12(10-14)19-25(21,22)13-7-3-5-11(9-13)15(16,17)18/h3-10,19H,1-2H3. The molecule has 0 bridgehead atoms. The van der Waals surface area contributed by atoms with E-state index in [0.29, 0.717) is 6.07 Å². The van der Waals surface area contributed by atoms with Crippen LogP contribution in [0, 0.1) is 0 Å². The Balaban J connectivity index is 2.40. The molecule has 0 saturated carbocycles. The molecule has 0 fully saturated rings. The topological polar surface area (TPSA) is 83.6 Å². The van der Waals surface area contributed by atoms with Crippen LogP contribution in [0.3, 0.4) is 0 Å². The second-order valence-corrected chi connectivity index (χ2v) is 9.28. The first-order chi connectivity index (χ1) is 11.8. The molecule has 0 aliphatic rings. The highest BCUT2D eigenvalue weighted by molar-refractivity contribution is 7.92. The van der Waals surface area contributed by atoms with Crippen molar-refractivity contribution >= 4 is 25.7 Å². The normalized spacial score (nSPS) is 13.0. The summed E-state index contributed by atoms with van der Waals surface area (Å²) in [5.74, 6) is 0. The SMILES string of the molecule is CN(C)S(=O)(=O)c1cccc(NS(=O)(=O)c2cccc(C(F)(F)F)c2)c1. The quantitative estimate of drug-likeness (QED) is 0.825. The molecule has 0 unspecified atom stereocenters. The molecule has 11 heteroatoms. The van der Waals surface area contributed by atoms with Crippen LogP contribution in [0.5, 0.6) is 0 Å². The maximum absolute atomic E-state index is 12.8. The average Bonchev–Trinajstić information content (AvgIpc) is 2.54. The van der Waals surface area contributed by atoms with Gasteiger partial charge in [-0.3, -0.25) is 4.72 Å². The van der Waals surface area contributed by atoms with Crippen molar-refractivity contribution < 1.29 is 30.0 Å². The summed E-state index contributed by atoms with van der Waals surface area (Å²) in [6.07, 6.45) is -4.69. The van der Waals surface area contributed by atoms with Crippen LogP contribution in [-0.4, -0.2) is 35.2 Å². The Morgan fingerprint density at radius 3 is 2.04 bits per heavy atom. The van der Waals surface area contributed by atoms with Crippen LogP contribution in [-0.2, 0) is 26.2 Å². The number of anilines is 1. The maximum Gasteiger partial charge on any atom is 0.416 e. The predicted molar refractivity (Wildman–Crippen MR) is 89.6 cm³/mol. The van der Waals surface area contributed by atoms with Gasteiger partial charge in [0, 0.05) is 14.1 Å². The number of halogens is 3. The van der Waals surface area contributed by atoms with E-state index < -0.39 is 36.7 Å². The first-order valence-electron chi connectivity index (χ1n) is 7.07. The van der Waals surface area contributed by atoms with Crippen molar-refractivity contribution in [1.29, 1.82) is 0 Å². The molecule has 0 aliphatic carbocycles. The Hall–Kier alpha value is -2.11. The lowest BCUT2D eigenvalue weighted by Gasteiger charge is -2.14. The van der Waals surface area contributed by atoms with Crippen molar-refractivity contribution in [3.63, 3.8) is 0 Å². The van der Waals surface area contributed by atoms with Crippen molar-refractivity contribution in [1.82, 2.24) is 4.31 Å². The van der Waals surface area contributed by atoms with Crippen molar-refractivity contribution in [3.05, 3.63) is 54.1 Å². The summed E-state index contributed by atoms with van der Waals surface area (Å²) in [6.45, 7) is 0. The molecular formula is C15H15F3N2O4S2. The Labute approximate surface area is 149 Å². The van der Waals surface area contributed by atoms with Crippen molar-refractivity contribution in [2.75, 3.05) is 18.8 Å². The third-order valence-electron chi connectivity index (χ3n) is 3.34. The lowest BCUT2D eigenvalue weighted by atomic mass is 10.2. The lowest BCUT2D eigenvalue weighted by Crippen LogP contribution is -2.22. The Bertz CT molecular complexity index is 1020. The molecule has 0 aliphatic heterocycles. The van der Waals surface area contributed by atoms with Gasteiger partial charge in [-0.05, 0) is 36.4 Å². The minimum atomic E-state index is -4.69. The van der Waals surface area contributed by atoms with Gasteiger partial charge < -0.3 is 0 Å². The van der Waals surface area contributed by atoms with Crippen molar-refractivity contribution in [3.8, 4) is 0 Å². The molecule has 26 heavy (non-hydrogen) atoms. The highest BCUT2D eigenvalue weighted by atomic mass is 32.2. The summed E-state index contributed by atoms with van der Waals surface area (Å²) in [6, 6.07) is 8.21. The monoisotopic (exact) mass is 408 g/mol. The van der Waals surface area contributed by atoms with Gasteiger partial charge in [0.15, 0.2) is 0 Å². The van der Waals surface area contributed by atoms with Crippen LogP contribution in [0.25, 0.3) is 0 Å². The molecule has 6 nitrogen and oxygen atoms in total. The first-order valence-corrected chi connectivity index (χ1v) is 9.99. The van der Waals surface area contributed by atoms with Gasteiger partial charge in [0.25, 0.3) is 10.0 Å². The Kier molecular flexibility index (Phi) is 5.36. The van der Waals surface area contributed by atoms with Crippen LogP contribution in [0.1, 0.15) is 5.56 Å². The number of rotatable bonds is 5. The second kappa shape index (κ2) is 6.89. The number of nitrogens with zero attached hydrogens (tertiary/aromatic N) is 1. The molecule has 0 spiro atoms. The van der Waals surface area contributed by atoms with Gasteiger partial charge in [0.2, 0.25) is 10.0 Å². The average molecular weight is 408 g/mol. The lowest BCUT2D eigenvalue weighted by molar-refractivity contribution is -0.137. The first kappa shape index (κ1) is 20.2. The van der Waals surface area contributed by atoms with E-state index in [1.165, 1.54) is 32.3 Å². The van der Waals surface area contributed by atoms with E-state index in [0.717, 1.165) is 28.6 Å². The number of nitrogens with one attached hydrogen (secondary N) is 1. The van der Waals surface area contributed by atoms with E-state index in [2.05, 4.69) is 4.72 Å². The molecule has 2 aromatic rings. The fourth-order valence-corrected chi connectivity index (χ4v) is 4.03. The Morgan fingerprint density at radius 1 is 0.885 bits per heavy atom. The fourth-order valence-electron chi connectivity index (χ4n) is 1.98. The molecule has 0 aromatic heterocycles. The number of hydrogen-bond acceptors (Lipinski definition) is 4. The summed E-state index contributed by atoms with van der Waals surface area (Å²) < 4.78 is 90.2. The van der Waals surface area contributed by atoms with E-state index in [4.69, 9.17) is 0 Å².